The van der Waals surface area contributed by atoms with Crippen LogP contribution in [0.4, 0.5) is 4.79 Å². The van der Waals surface area contributed by atoms with Gasteiger partial charge in [-0.05, 0) is 30.0 Å². The minimum Gasteiger partial charge on any atom is -0.338 e. The van der Waals surface area contributed by atoms with Gasteiger partial charge in [-0.15, -0.1) is 0 Å². The summed E-state index contributed by atoms with van der Waals surface area (Å²) in [6, 6.07) is 3.52. The quantitative estimate of drug-likeness (QED) is 0.885. The van der Waals surface area contributed by atoms with E-state index in [9.17, 15) is 13.2 Å². The molecule has 0 unspecified atom stereocenters. The lowest BCUT2D eigenvalue weighted by atomic mass is 10.1. The minimum absolute atomic E-state index is 0.0401. The van der Waals surface area contributed by atoms with Crippen LogP contribution < -0.4 is 5.32 Å². The average molecular weight is 297 g/mol. The highest BCUT2D eigenvalue weighted by Gasteiger charge is 2.28. The maximum absolute atomic E-state index is 11.9. The highest BCUT2D eigenvalue weighted by molar-refractivity contribution is 7.91. The first-order valence-corrected chi connectivity index (χ1v) is 8.37. The molecular weight excluding hydrogens is 278 g/mol. The Morgan fingerprint density at radius 2 is 2.15 bits per heavy atom. The fourth-order valence-electron chi connectivity index (χ4n) is 2.23. The molecule has 110 valence electrons. The van der Waals surface area contributed by atoms with Crippen molar-refractivity contribution in [3.05, 3.63) is 30.1 Å². The molecule has 7 heteroatoms. The molecule has 0 aliphatic carbocycles. The Labute approximate surface area is 119 Å². The number of nitrogens with one attached hydrogen (secondary N) is 1. The van der Waals surface area contributed by atoms with E-state index >= 15 is 0 Å². The van der Waals surface area contributed by atoms with Crippen molar-refractivity contribution in [3.8, 4) is 0 Å². The SMILES string of the molecule is CN(Cc1ccncc1)C(=O)NC[C@@H]1CCS(=O)(=O)C1. The number of pyridine rings is 1. The molecule has 1 aromatic rings. The van der Waals surface area contributed by atoms with Crippen LogP contribution in [0.5, 0.6) is 0 Å². The number of carbonyl (C=O) groups is 1. The van der Waals surface area contributed by atoms with Crippen LogP contribution >= 0.6 is 0 Å². The van der Waals surface area contributed by atoms with Gasteiger partial charge >= 0.3 is 6.03 Å². The normalized spacial score (nSPS) is 20.6. The zero-order chi connectivity index (χ0) is 14.6. The van der Waals surface area contributed by atoms with Crippen molar-refractivity contribution in [3.63, 3.8) is 0 Å². The molecule has 1 aromatic heterocycles. The zero-order valence-electron chi connectivity index (χ0n) is 11.4. The lowest BCUT2D eigenvalue weighted by Crippen LogP contribution is -2.39. The van der Waals surface area contributed by atoms with Crippen molar-refractivity contribution in [2.45, 2.75) is 13.0 Å². The maximum Gasteiger partial charge on any atom is 0.317 e. The van der Waals surface area contributed by atoms with Gasteiger partial charge in [0.15, 0.2) is 9.84 Å². The highest BCUT2D eigenvalue weighted by Crippen LogP contribution is 2.17. The number of nitrogens with zero attached hydrogens (tertiary/aromatic N) is 2. The van der Waals surface area contributed by atoms with E-state index in [0.29, 0.717) is 19.5 Å². The molecule has 1 atom stereocenters. The summed E-state index contributed by atoms with van der Waals surface area (Å²) in [7, 11) is -1.17. The molecule has 1 N–H and O–H groups in total. The van der Waals surface area contributed by atoms with E-state index in [4.69, 9.17) is 0 Å². The predicted molar refractivity (Wildman–Crippen MR) is 75.9 cm³/mol. The summed E-state index contributed by atoms with van der Waals surface area (Å²) in [5, 5.41) is 2.79. The maximum atomic E-state index is 11.9. The van der Waals surface area contributed by atoms with Crippen LogP contribution in [-0.4, -0.2) is 49.4 Å². The lowest BCUT2D eigenvalue weighted by molar-refractivity contribution is 0.205. The molecule has 0 spiro atoms. The van der Waals surface area contributed by atoms with Gasteiger partial charge in [-0.3, -0.25) is 4.98 Å². The van der Waals surface area contributed by atoms with E-state index in [1.165, 1.54) is 0 Å². The molecule has 0 radical (unpaired) electrons. The van der Waals surface area contributed by atoms with Crippen molar-refractivity contribution in [1.29, 1.82) is 0 Å². The summed E-state index contributed by atoms with van der Waals surface area (Å²) in [5.74, 6) is 0.458. The first-order valence-electron chi connectivity index (χ1n) is 6.54. The standard InChI is InChI=1S/C13H19N3O3S/c1-16(9-11-2-5-14-6-3-11)13(17)15-8-12-4-7-20(18,19)10-12/h2-3,5-6,12H,4,7-10H2,1H3,(H,15,17)/t12-/m0/s1. The third kappa shape index (κ3) is 4.19. The second-order valence-corrected chi connectivity index (χ2v) is 7.40. The Morgan fingerprint density at radius 1 is 1.45 bits per heavy atom. The van der Waals surface area contributed by atoms with Crippen LogP contribution in [0.2, 0.25) is 0 Å². The molecule has 0 saturated carbocycles. The number of aromatic nitrogens is 1. The van der Waals surface area contributed by atoms with Gasteiger partial charge < -0.3 is 10.2 Å². The highest BCUT2D eigenvalue weighted by atomic mass is 32.2. The fraction of sp³-hybridized carbons (Fsp3) is 0.538. The van der Waals surface area contributed by atoms with Gasteiger partial charge in [0.2, 0.25) is 0 Å². The summed E-state index contributed by atoms with van der Waals surface area (Å²) in [4.78, 5) is 17.4. The summed E-state index contributed by atoms with van der Waals surface area (Å²) >= 11 is 0. The molecular formula is C13H19N3O3S. The number of sulfone groups is 1. The molecule has 6 nitrogen and oxygen atoms in total. The van der Waals surface area contributed by atoms with E-state index in [2.05, 4.69) is 10.3 Å². The summed E-state index contributed by atoms with van der Waals surface area (Å²) in [6.45, 7) is 0.913. The molecule has 1 aliphatic heterocycles. The molecule has 1 saturated heterocycles. The third-order valence-electron chi connectivity index (χ3n) is 3.38. The second kappa shape index (κ2) is 6.21. The smallest absolute Gasteiger partial charge is 0.317 e. The van der Waals surface area contributed by atoms with Crippen molar-refractivity contribution in [2.75, 3.05) is 25.1 Å². The van der Waals surface area contributed by atoms with Crippen LogP contribution in [0, 0.1) is 5.92 Å². The summed E-state index contributed by atoms with van der Waals surface area (Å²) in [5.41, 5.74) is 1.00. The topological polar surface area (TPSA) is 79.4 Å². The second-order valence-electron chi connectivity index (χ2n) is 5.17. The van der Waals surface area contributed by atoms with E-state index in [1.807, 2.05) is 12.1 Å². The van der Waals surface area contributed by atoms with Gasteiger partial charge in [-0.1, -0.05) is 0 Å². The van der Waals surface area contributed by atoms with Crippen molar-refractivity contribution < 1.29 is 13.2 Å². The number of rotatable bonds is 4. The summed E-state index contributed by atoms with van der Waals surface area (Å²) < 4.78 is 22.7. The van der Waals surface area contributed by atoms with Gasteiger partial charge in [0.05, 0.1) is 11.5 Å². The first kappa shape index (κ1) is 14.8. The number of hydrogen-bond acceptors (Lipinski definition) is 4. The zero-order valence-corrected chi connectivity index (χ0v) is 12.3. The van der Waals surface area contributed by atoms with Crippen molar-refractivity contribution in [2.24, 2.45) is 5.92 Å². The Balaban J connectivity index is 1.77. The van der Waals surface area contributed by atoms with Crippen molar-refractivity contribution >= 4 is 15.9 Å². The predicted octanol–water partition coefficient (Wildman–Crippen LogP) is 0.658. The van der Waals surface area contributed by atoms with Gasteiger partial charge in [0.25, 0.3) is 0 Å². The molecule has 0 bridgehead atoms. The Hall–Kier alpha value is -1.63. The minimum atomic E-state index is -2.88. The van der Waals surface area contributed by atoms with Crippen molar-refractivity contribution in [1.82, 2.24) is 15.2 Å². The number of urea groups is 1. The van der Waals surface area contributed by atoms with Gasteiger partial charge in [-0.25, -0.2) is 13.2 Å². The molecule has 2 heterocycles. The third-order valence-corrected chi connectivity index (χ3v) is 5.22. The number of hydrogen-bond donors (Lipinski definition) is 1. The Bertz CT molecular complexity index is 559. The molecule has 1 aliphatic rings. The average Bonchev–Trinajstić information content (AvgIpc) is 2.76. The fourth-order valence-corrected chi connectivity index (χ4v) is 4.10. The van der Waals surface area contributed by atoms with Gasteiger partial charge in [0.1, 0.15) is 0 Å². The number of carbonyl (C=O) groups excluding carboxylic acids is 1. The van der Waals surface area contributed by atoms with Crippen LogP contribution in [0.3, 0.4) is 0 Å². The Morgan fingerprint density at radius 3 is 2.75 bits per heavy atom. The van der Waals surface area contributed by atoms with Crippen LogP contribution in [0.1, 0.15) is 12.0 Å². The molecule has 1 fully saturated rings. The molecule has 20 heavy (non-hydrogen) atoms. The molecule has 2 rings (SSSR count). The lowest BCUT2D eigenvalue weighted by Gasteiger charge is -2.19. The van der Waals surface area contributed by atoms with Gasteiger partial charge in [-0.2, -0.15) is 0 Å². The van der Waals surface area contributed by atoms with E-state index < -0.39 is 9.84 Å². The van der Waals surface area contributed by atoms with E-state index in [-0.39, 0.29) is 23.5 Å². The van der Waals surface area contributed by atoms with E-state index in [1.54, 1.807) is 24.3 Å². The number of amides is 2. The molecule has 2 amide bonds. The molecule has 0 aromatic carbocycles. The van der Waals surface area contributed by atoms with Crippen LogP contribution in [0.25, 0.3) is 0 Å². The van der Waals surface area contributed by atoms with Crippen LogP contribution in [0.15, 0.2) is 24.5 Å². The first-order chi connectivity index (χ1) is 9.46. The van der Waals surface area contributed by atoms with Crippen LogP contribution in [-0.2, 0) is 16.4 Å². The van der Waals surface area contributed by atoms with E-state index in [0.717, 1.165) is 5.56 Å². The monoisotopic (exact) mass is 297 g/mol. The summed E-state index contributed by atoms with van der Waals surface area (Å²) in [6.07, 6.45) is 4.01. The van der Waals surface area contributed by atoms with Gasteiger partial charge in [0, 0.05) is 32.5 Å². The largest absolute Gasteiger partial charge is 0.338 e. The Kier molecular flexibility index (Phi) is 4.59.